The van der Waals surface area contributed by atoms with Gasteiger partial charge in [0.2, 0.25) is 5.91 Å². The molecule has 5 nitrogen and oxygen atoms in total. The van der Waals surface area contributed by atoms with Crippen LogP contribution < -0.4 is 10.1 Å². The van der Waals surface area contributed by atoms with Crippen molar-refractivity contribution in [3.63, 3.8) is 0 Å². The van der Waals surface area contributed by atoms with Crippen molar-refractivity contribution < 1.29 is 14.3 Å². The summed E-state index contributed by atoms with van der Waals surface area (Å²) in [6.45, 7) is 5.94. The number of carbonyl (C=O) groups excluding carboxylic acids is 2. The number of rotatable bonds is 8. The molecule has 32 heavy (non-hydrogen) atoms. The zero-order valence-corrected chi connectivity index (χ0v) is 20.0. The van der Waals surface area contributed by atoms with Crippen LogP contribution in [0.5, 0.6) is 5.75 Å². The fraction of sp³-hybridized carbons (Fsp3) is 0.462. The summed E-state index contributed by atoms with van der Waals surface area (Å²) >= 11 is 6.01. The van der Waals surface area contributed by atoms with Gasteiger partial charge in [-0.15, -0.1) is 0 Å². The summed E-state index contributed by atoms with van der Waals surface area (Å²) < 4.78 is 5.83. The first kappa shape index (κ1) is 24.1. The van der Waals surface area contributed by atoms with Crippen LogP contribution in [0, 0.1) is 13.8 Å². The first-order valence-corrected chi connectivity index (χ1v) is 11.8. The highest BCUT2D eigenvalue weighted by atomic mass is 35.5. The summed E-state index contributed by atoms with van der Waals surface area (Å²) in [5.74, 6) is 0.326. The molecule has 1 saturated carbocycles. The fourth-order valence-corrected chi connectivity index (χ4v) is 4.25. The number of carbonyl (C=O) groups is 2. The molecule has 1 aliphatic rings. The van der Waals surface area contributed by atoms with Gasteiger partial charge in [-0.3, -0.25) is 9.59 Å². The number of aryl methyl sites for hydroxylation is 2. The highest BCUT2D eigenvalue weighted by Crippen LogP contribution is 2.21. The highest BCUT2D eigenvalue weighted by molar-refractivity contribution is 6.30. The minimum absolute atomic E-state index is 0.120. The summed E-state index contributed by atoms with van der Waals surface area (Å²) in [5, 5.41) is 3.78. The molecule has 172 valence electrons. The maximum Gasteiger partial charge on any atom is 0.261 e. The van der Waals surface area contributed by atoms with E-state index in [9.17, 15) is 9.59 Å². The highest BCUT2D eigenvalue weighted by Gasteiger charge is 2.28. The van der Waals surface area contributed by atoms with Gasteiger partial charge in [0.15, 0.2) is 6.61 Å². The summed E-state index contributed by atoms with van der Waals surface area (Å²) in [5.41, 5.74) is 3.02. The van der Waals surface area contributed by atoms with Crippen molar-refractivity contribution in [3.8, 4) is 5.75 Å². The average molecular weight is 457 g/mol. The standard InChI is InChI=1S/C26H33ClN2O3/c1-18-9-14-24(19(2)15-18)32-17-25(30)29(16-21-10-12-22(27)13-11-21)20(3)26(31)28-23-7-5-4-6-8-23/h9-15,20,23H,4-8,16-17H2,1-3H3,(H,28,31)/t20-/m0/s1. The van der Waals surface area contributed by atoms with E-state index in [1.54, 1.807) is 24.0 Å². The molecular formula is C26H33ClN2O3. The van der Waals surface area contributed by atoms with Gasteiger partial charge in [0, 0.05) is 17.6 Å². The Balaban J connectivity index is 1.71. The molecule has 2 aromatic rings. The fourth-order valence-electron chi connectivity index (χ4n) is 4.12. The van der Waals surface area contributed by atoms with Crippen LogP contribution in [0.15, 0.2) is 42.5 Å². The third kappa shape index (κ3) is 6.73. The molecular weight excluding hydrogens is 424 g/mol. The van der Waals surface area contributed by atoms with Crippen molar-refractivity contribution in [2.75, 3.05) is 6.61 Å². The zero-order chi connectivity index (χ0) is 23.1. The first-order chi connectivity index (χ1) is 15.3. The van der Waals surface area contributed by atoms with E-state index in [2.05, 4.69) is 5.32 Å². The van der Waals surface area contributed by atoms with Gasteiger partial charge in [0.1, 0.15) is 11.8 Å². The Morgan fingerprint density at radius 3 is 2.44 bits per heavy atom. The van der Waals surface area contributed by atoms with Crippen molar-refractivity contribution in [3.05, 3.63) is 64.2 Å². The van der Waals surface area contributed by atoms with E-state index in [4.69, 9.17) is 16.3 Å². The van der Waals surface area contributed by atoms with Crippen molar-refractivity contribution >= 4 is 23.4 Å². The third-order valence-corrected chi connectivity index (χ3v) is 6.32. The van der Waals surface area contributed by atoms with Gasteiger partial charge in [-0.1, -0.05) is 60.7 Å². The van der Waals surface area contributed by atoms with Gasteiger partial charge in [-0.2, -0.15) is 0 Å². The van der Waals surface area contributed by atoms with Crippen molar-refractivity contribution in [1.82, 2.24) is 10.2 Å². The van der Waals surface area contributed by atoms with Crippen LogP contribution in [0.4, 0.5) is 0 Å². The van der Waals surface area contributed by atoms with Gasteiger partial charge in [-0.05, 0) is 62.9 Å². The van der Waals surface area contributed by atoms with E-state index in [1.807, 2.05) is 44.2 Å². The Hall–Kier alpha value is -2.53. The lowest BCUT2D eigenvalue weighted by molar-refractivity contribution is -0.142. The Kier molecular flexibility index (Phi) is 8.57. The van der Waals surface area contributed by atoms with Gasteiger partial charge in [0.05, 0.1) is 0 Å². The largest absolute Gasteiger partial charge is 0.483 e. The molecule has 1 fully saturated rings. The van der Waals surface area contributed by atoms with E-state index >= 15 is 0 Å². The monoisotopic (exact) mass is 456 g/mol. The van der Waals surface area contributed by atoms with E-state index in [0.717, 1.165) is 42.4 Å². The predicted molar refractivity (Wildman–Crippen MR) is 128 cm³/mol. The Labute approximate surface area is 196 Å². The number of hydrogen-bond donors (Lipinski definition) is 1. The van der Waals surface area contributed by atoms with E-state index in [-0.39, 0.29) is 24.5 Å². The van der Waals surface area contributed by atoms with Gasteiger partial charge < -0.3 is 15.0 Å². The van der Waals surface area contributed by atoms with Crippen LogP contribution in [0.1, 0.15) is 55.7 Å². The van der Waals surface area contributed by atoms with Crippen molar-refractivity contribution in [2.24, 2.45) is 0 Å². The lowest BCUT2D eigenvalue weighted by Gasteiger charge is -2.31. The molecule has 2 amide bonds. The molecule has 2 aromatic carbocycles. The predicted octanol–water partition coefficient (Wildman–Crippen LogP) is 5.20. The number of amides is 2. The lowest BCUT2D eigenvalue weighted by atomic mass is 9.95. The second kappa shape index (κ2) is 11.4. The quantitative estimate of drug-likeness (QED) is 0.593. The average Bonchev–Trinajstić information content (AvgIpc) is 2.78. The first-order valence-electron chi connectivity index (χ1n) is 11.4. The summed E-state index contributed by atoms with van der Waals surface area (Å²) in [6, 6.07) is 12.8. The molecule has 0 heterocycles. The molecule has 1 aliphatic carbocycles. The Morgan fingerprint density at radius 1 is 1.09 bits per heavy atom. The Morgan fingerprint density at radius 2 is 1.78 bits per heavy atom. The summed E-state index contributed by atoms with van der Waals surface area (Å²) in [7, 11) is 0. The van der Waals surface area contributed by atoms with Crippen LogP contribution in [0.2, 0.25) is 5.02 Å². The van der Waals surface area contributed by atoms with E-state index in [1.165, 1.54) is 6.42 Å². The van der Waals surface area contributed by atoms with Crippen LogP contribution >= 0.6 is 11.6 Å². The summed E-state index contributed by atoms with van der Waals surface area (Å²) in [6.07, 6.45) is 5.49. The minimum Gasteiger partial charge on any atom is -0.483 e. The molecule has 3 rings (SSSR count). The SMILES string of the molecule is Cc1ccc(OCC(=O)N(Cc2ccc(Cl)cc2)[C@@H](C)C(=O)NC2CCCCC2)c(C)c1. The molecule has 0 unspecified atom stereocenters. The molecule has 1 atom stereocenters. The second-order valence-electron chi connectivity index (χ2n) is 8.73. The number of benzene rings is 2. The smallest absolute Gasteiger partial charge is 0.261 e. The number of hydrogen-bond acceptors (Lipinski definition) is 3. The van der Waals surface area contributed by atoms with E-state index < -0.39 is 6.04 Å². The minimum atomic E-state index is -0.609. The number of nitrogens with one attached hydrogen (secondary N) is 1. The molecule has 0 aliphatic heterocycles. The molecule has 0 bridgehead atoms. The lowest BCUT2D eigenvalue weighted by Crippen LogP contribution is -2.51. The van der Waals surface area contributed by atoms with Crippen LogP contribution in [-0.4, -0.2) is 35.4 Å². The van der Waals surface area contributed by atoms with Gasteiger partial charge in [0.25, 0.3) is 5.91 Å². The number of ether oxygens (including phenoxy) is 1. The van der Waals surface area contributed by atoms with Crippen LogP contribution in [0.25, 0.3) is 0 Å². The van der Waals surface area contributed by atoms with Crippen molar-refractivity contribution in [2.45, 2.75) is 71.5 Å². The molecule has 0 spiro atoms. The Bertz CT molecular complexity index is 923. The van der Waals surface area contributed by atoms with Crippen LogP contribution in [-0.2, 0) is 16.1 Å². The normalized spacial score (nSPS) is 15.1. The summed E-state index contributed by atoms with van der Waals surface area (Å²) in [4.78, 5) is 27.8. The van der Waals surface area contributed by atoms with Gasteiger partial charge in [-0.25, -0.2) is 0 Å². The molecule has 0 aromatic heterocycles. The van der Waals surface area contributed by atoms with E-state index in [0.29, 0.717) is 17.3 Å². The molecule has 0 saturated heterocycles. The number of halogens is 1. The molecule has 1 N–H and O–H groups in total. The van der Waals surface area contributed by atoms with Gasteiger partial charge >= 0.3 is 0 Å². The topological polar surface area (TPSA) is 58.6 Å². The molecule has 0 radical (unpaired) electrons. The maximum atomic E-state index is 13.2. The second-order valence-corrected chi connectivity index (χ2v) is 9.16. The van der Waals surface area contributed by atoms with Crippen molar-refractivity contribution in [1.29, 1.82) is 0 Å². The maximum absolute atomic E-state index is 13.2. The zero-order valence-electron chi connectivity index (χ0n) is 19.2. The van der Waals surface area contributed by atoms with Crippen LogP contribution in [0.3, 0.4) is 0 Å². The third-order valence-electron chi connectivity index (χ3n) is 6.07. The number of nitrogens with zero attached hydrogens (tertiary/aromatic N) is 1. The molecule has 6 heteroatoms.